The number of nitrogens with zero attached hydrogens (tertiary/aromatic N) is 5. The molecule has 0 saturated heterocycles. The van der Waals surface area contributed by atoms with Crippen molar-refractivity contribution in [2.45, 2.75) is 31.2 Å². The van der Waals surface area contributed by atoms with Gasteiger partial charge in [-0.2, -0.15) is 4.98 Å². The maximum absolute atomic E-state index is 14.3. The maximum Gasteiger partial charge on any atom is 0.269 e. The van der Waals surface area contributed by atoms with Gasteiger partial charge in [-0.1, -0.05) is 41.6 Å². The molecule has 2 aromatic carbocycles. The molecule has 0 saturated carbocycles. The van der Waals surface area contributed by atoms with Crippen LogP contribution in [0.2, 0.25) is 5.02 Å². The molecule has 7 nitrogen and oxygen atoms in total. The van der Waals surface area contributed by atoms with Gasteiger partial charge in [0.15, 0.2) is 0 Å². The summed E-state index contributed by atoms with van der Waals surface area (Å²) in [5, 5.41) is 16.2. The molecule has 2 heterocycles. The third-order valence-electron chi connectivity index (χ3n) is 4.96. The summed E-state index contributed by atoms with van der Waals surface area (Å²) in [6.07, 6.45) is 0.303. The van der Waals surface area contributed by atoms with Crippen molar-refractivity contribution in [2.24, 2.45) is 0 Å². The van der Waals surface area contributed by atoms with Crippen molar-refractivity contribution >= 4 is 34.8 Å². The number of aryl methyl sites for hydroxylation is 2. The first-order valence-corrected chi connectivity index (χ1v) is 10.7. The third-order valence-corrected chi connectivity index (χ3v) is 6.22. The molecule has 0 N–H and O–H groups in total. The lowest BCUT2D eigenvalue weighted by Gasteiger charge is -2.12. The van der Waals surface area contributed by atoms with Crippen molar-refractivity contribution in [3.8, 4) is 0 Å². The summed E-state index contributed by atoms with van der Waals surface area (Å²) in [4.78, 5) is 19.4. The van der Waals surface area contributed by atoms with Crippen LogP contribution < -0.4 is 0 Å². The van der Waals surface area contributed by atoms with Crippen molar-refractivity contribution in [1.29, 1.82) is 0 Å². The van der Waals surface area contributed by atoms with E-state index in [4.69, 9.17) is 11.6 Å². The summed E-state index contributed by atoms with van der Waals surface area (Å²) < 4.78 is 15.9. The summed E-state index contributed by atoms with van der Waals surface area (Å²) in [5.74, 6) is 0.666. The number of halogens is 2. The van der Waals surface area contributed by atoms with Crippen LogP contribution in [0.1, 0.15) is 28.1 Å². The first kappa shape index (κ1) is 21.2. The minimum absolute atomic E-state index is 0.0531. The van der Waals surface area contributed by atoms with Crippen LogP contribution in [0, 0.1) is 29.8 Å². The van der Waals surface area contributed by atoms with Gasteiger partial charge in [0.25, 0.3) is 11.5 Å². The van der Waals surface area contributed by atoms with Crippen LogP contribution in [-0.2, 0) is 12.2 Å². The Morgan fingerprint density at radius 3 is 2.55 bits per heavy atom. The number of aromatic nitrogens is 4. The number of hydrogen-bond donors (Lipinski definition) is 0. The smallest absolute Gasteiger partial charge is 0.258 e. The van der Waals surface area contributed by atoms with Gasteiger partial charge in [0.2, 0.25) is 5.16 Å². The number of fused-ring (bicyclic) bond motifs is 1. The molecular weight excluding hydrogens is 441 g/mol. The molecule has 31 heavy (non-hydrogen) atoms. The predicted octanol–water partition coefficient (Wildman–Crippen LogP) is 5.32. The number of thioether (sulfide) groups is 1. The van der Waals surface area contributed by atoms with Crippen molar-refractivity contribution in [2.75, 3.05) is 0 Å². The topological polar surface area (TPSA) is 86.2 Å². The number of benzene rings is 2. The fraction of sp³-hybridized carbons (Fsp3) is 0.190. The zero-order valence-electron chi connectivity index (χ0n) is 16.7. The van der Waals surface area contributed by atoms with E-state index in [1.165, 1.54) is 30.0 Å². The molecule has 0 aliphatic rings. The number of nitro benzene ring substituents is 1. The van der Waals surface area contributed by atoms with Crippen LogP contribution >= 0.6 is 23.4 Å². The molecular formula is C21H17ClFN5O2S. The van der Waals surface area contributed by atoms with Crippen LogP contribution in [-0.4, -0.2) is 24.5 Å². The Kier molecular flexibility index (Phi) is 5.88. The largest absolute Gasteiger partial charge is 0.269 e. The molecule has 0 fully saturated rings. The molecule has 0 atom stereocenters. The number of rotatable bonds is 6. The molecule has 0 aliphatic carbocycles. The normalized spacial score (nSPS) is 11.2. The number of nitro groups is 1. The minimum atomic E-state index is -0.427. The van der Waals surface area contributed by atoms with E-state index in [1.54, 1.807) is 28.8 Å². The highest BCUT2D eigenvalue weighted by Crippen LogP contribution is 2.27. The van der Waals surface area contributed by atoms with Crippen LogP contribution in [0.25, 0.3) is 5.78 Å². The van der Waals surface area contributed by atoms with E-state index in [0.29, 0.717) is 33.7 Å². The summed E-state index contributed by atoms with van der Waals surface area (Å²) >= 11 is 7.61. The number of non-ortho nitro benzene ring substituents is 1. The highest BCUT2D eigenvalue weighted by molar-refractivity contribution is 7.98. The van der Waals surface area contributed by atoms with E-state index in [1.807, 2.05) is 13.8 Å². The molecule has 0 radical (unpaired) electrons. The van der Waals surface area contributed by atoms with Crippen LogP contribution in [0.4, 0.5) is 10.1 Å². The highest BCUT2D eigenvalue weighted by Gasteiger charge is 2.17. The Morgan fingerprint density at radius 1 is 1.13 bits per heavy atom. The summed E-state index contributed by atoms with van der Waals surface area (Å²) in [6, 6.07) is 11.0. The van der Waals surface area contributed by atoms with E-state index >= 15 is 0 Å². The Balaban J connectivity index is 1.59. The first-order chi connectivity index (χ1) is 14.8. The molecule has 4 aromatic rings. The van der Waals surface area contributed by atoms with Crippen molar-refractivity contribution in [3.05, 3.63) is 91.5 Å². The molecule has 0 spiro atoms. The maximum atomic E-state index is 14.3. The van der Waals surface area contributed by atoms with E-state index in [0.717, 1.165) is 22.5 Å². The van der Waals surface area contributed by atoms with Crippen molar-refractivity contribution < 1.29 is 9.31 Å². The van der Waals surface area contributed by atoms with Crippen LogP contribution in [0.15, 0.2) is 47.6 Å². The fourth-order valence-electron chi connectivity index (χ4n) is 3.25. The SMILES string of the molecule is Cc1nc2nc(SCc3ccc([N+](=O)[O-])cc3)nn2c(C)c1Cc1c(F)cccc1Cl. The molecule has 4 rings (SSSR count). The lowest BCUT2D eigenvalue weighted by Crippen LogP contribution is -2.07. The Bertz CT molecular complexity index is 1270. The van der Waals surface area contributed by atoms with Crippen molar-refractivity contribution in [3.63, 3.8) is 0 Å². The zero-order valence-corrected chi connectivity index (χ0v) is 18.2. The van der Waals surface area contributed by atoms with E-state index in [2.05, 4.69) is 15.1 Å². The van der Waals surface area contributed by atoms with Crippen molar-refractivity contribution in [1.82, 2.24) is 19.6 Å². The molecule has 2 aromatic heterocycles. The van der Waals surface area contributed by atoms with E-state index < -0.39 is 4.92 Å². The Morgan fingerprint density at radius 2 is 1.87 bits per heavy atom. The summed E-state index contributed by atoms with van der Waals surface area (Å²) in [7, 11) is 0. The van der Waals surface area contributed by atoms with Gasteiger partial charge in [-0.05, 0) is 37.1 Å². The summed E-state index contributed by atoms with van der Waals surface area (Å²) in [6.45, 7) is 3.75. The molecule has 0 amide bonds. The molecule has 10 heteroatoms. The first-order valence-electron chi connectivity index (χ1n) is 9.35. The average molecular weight is 458 g/mol. The predicted molar refractivity (Wildman–Crippen MR) is 117 cm³/mol. The quantitative estimate of drug-likeness (QED) is 0.221. The zero-order chi connectivity index (χ0) is 22.1. The van der Waals surface area contributed by atoms with Gasteiger partial charge >= 0.3 is 0 Å². The van der Waals surface area contributed by atoms with E-state index in [-0.39, 0.29) is 11.5 Å². The van der Waals surface area contributed by atoms with Gasteiger partial charge < -0.3 is 0 Å². The second kappa shape index (κ2) is 8.60. The second-order valence-corrected chi connectivity index (χ2v) is 8.31. The van der Waals surface area contributed by atoms with Gasteiger partial charge in [0.1, 0.15) is 5.82 Å². The number of hydrogen-bond acceptors (Lipinski definition) is 6. The van der Waals surface area contributed by atoms with Gasteiger partial charge in [-0.15, -0.1) is 5.10 Å². The van der Waals surface area contributed by atoms with Gasteiger partial charge in [0, 0.05) is 46.3 Å². The van der Waals surface area contributed by atoms with Gasteiger partial charge in [-0.3, -0.25) is 10.1 Å². The molecule has 0 aliphatic heterocycles. The monoisotopic (exact) mass is 457 g/mol. The van der Waals surface area contributed by atoms with Gasteiger partial charge in [0.05, 0.1) is 4.92 Å². The average Bonchev–Trinajstić information content (AvgIpc) is 3.14. The Hall–Kier alpha value is -3.04. The van der Waals surface area contributed by atoms with Crippen LogP contribution in [0.3, 0.4) is 0 Å². The van der Waals surface area contributed by atoms with Crippen LogP contribution in [0.5, 0.6) is 0 Å². The Labute approximate surface area is 186 Å². The molecule has 0 bridgehead atoms. The molecule has 0 unspecified atom stereocenters. The lowest BCUT2D eigenvalue weighted by molar-refractivity contribution is -0.384. The standard InChI is InChI=1S/C21H17ClFN5O2S/c1-12-16(10-17-18(22)4-3-5-19(17)23)13(2)27-20(24-12)25-21(26-27)31-11-14-6-8-15(9-7-14)28(29)30/h3-9H,10-11H2,1-2H3. The van der Waals surface area contributed by atoms with E-state index in [9.17, 15) is 14.5 Å². The third kappa shape index (κ3) is 4.38. The fourth-order valence-corrected chi connectivity index (χ4v) is 4.25. The second-order valence-electron chi connectivity index (χ2n) is 6.96. The lowest BCUT2D eigenvalue weighted by atomic mass is 10.0. The molecule has 158 valence electrons. The summed E-state index contributed by atoms with van der Waals surface area (Å²) in [5.41, 5.74) is 3.79. The highest BCUT2D eigenvalue weighted by atomic mass is 35.5. The van der Waals surface area contributed by atoms with Gasteiger partial charge in [-0.25, -0.2) is 13.9 Å². The minimum Gasteiger partial charge on any atom is -0.258 e.